The van der Waals surface area contributed by atoms with Gasteiger partial charge in [-0.25, -0.2) is 13.1 Å². The van der Waals surface area contributed by atoms with E-state index in [1.54, 1.807) is 6.92 Å². The third-order valence-electron chi connectivity index (χ3n) is 3.62. The van der Waals surface area contributed by atoms with Crippen LogP contribution in [0.4, 0.5) is 0 Å². The zero-order valence-corrected chi connectivity index (χ0v) is 11.9. The number of hydrogen-bond donors (Lipinski definition) is 1. The summed E-state index contributed by atoms with van der Waals surface area (Å²) in [4.78, 5) is 0. The monoisotopic (exact) mass is 263 g/mol. The molecule has 2 atom stereocenters. The first-order valence-electron chi connectivity index (χ1n) is 6.64. The first kappa shape index (κ1) is 14.9. The molecular weight excluding hydrogens is 238 g/mol. The van der Waals surface area contributed by atoms with Gasteiger partial charge in [0.2, 0.25) is 10.0 Å². The van der Waals surface area contributed by atoms with E-state index < -0.39 is 10.0 Å². The van der Waals surface area contributed by atoms with Crippen LogP contribution in [0.3, 0.4) is 0 Å². The number of nitrogens with one attached hydrogen (secondary N) is 1. The fourth-order valence-electron chi connectivity index (χ4n) is 2.42. The Morgan fingerprint density at radius 1 is 1.29 bits per heavy atom. The van der Waals surface area contributed by atoms with E-state index in [1.807, 2.05) is 0 Å². The molecule has 0 aromatic heterocycles. The SMILES string of the molecule is CCC(CC)[C@H]1C[C@H](NS(=O)(=O)CC)CCO1. The highest BCUT2D eigenvalue weighted by Gasteiger charge is 2.29. The summed E-state index contributed by atoms with van der Waals surface area (Å²) < 4.78 is 31.6. The van der Waals surface area contributed by atoms with Gasteiger partial charge in [-0.05, 0) is 25.7 Å². The minimum Gasteiger partial charge on any atom is -0.378 e. The van der Waals surface area contributed by atoms with Crippen molar-refractivity contribution in [3.8, 4) is 0 Å². The third-order valence-corrected chi connectivity index (χ3v) is 5.07. The van der Waals surface area contributed by atoms with E-state index in [0.717, 1.165) is 25.7 Å². The van der Waals surface area contributed by atoms with Crippen LogP contribution in [0.25, 0.3) is 0 Å². The highest BCUT2D eigenvalue weighted by Crippen LogP contribution is 2.25. The van der Waals surface area contributed by atoms with Gasteiger partial charge < -0.3 is 4.74 Å². The van der Waals surface area contributed by atoms with Crippen molar-refractivity contribution in [1.82, 2.24) is 4.72 Å². The second kappa shape index (κ2) is 6.71. The fourth-order valence-corrected chi connectivity index (χ4v) is 3.30. The Hall–Kier alpha value is -0.130. The minimum absolute atomic E-state index is 0.0549. The van der Waals surface area contributed by atoms with Crippen LogP contribution in [0.1, 0.15) is 46.5 Å². The first-order valence-corrected chi connectivity index (χ1v) is 8.29. The second-order valence-corrected chi connectivity index (χ2v) is 6.77. The van der Waals surface area contributed by atoms with Gasteiger partial charge in [0, 0.05) is 12.6 Å². The lowest BCUT2D eigenvalue weighted by Gasteiger charge is -2.34. The van der Waals surface area contributed by atoms with E-state index in [0.29, 0.717) is 12.5 Å². The molecule has 0 saturated carbocycles. The summed E-state index contributed by atoms with van der Waals surface area (Å²) >= 11 is 0. The van der Waals surface area contributed by atoms with E-state index in [4.69, 9.17) is 4.74 Å². The normalized spacial score (nSPS) is 26.4. The Morgan fingerprint density at radius 2 is 1.94 bits per heavy atom. The average Bonchev–Trinajstić information content (AvgIpc) is 2.31. The molecule has 1 saturated heterocycles. The van der Waals surface area contributed by atoms with Gasteiger partial charge >= 0.3 is 0 Å². The predicted octanol–water partition coefficient (Wildman–Crippen LogP) is 1.91. The van der Waals surface area contributed by atoms with Crippen LogP contribution >= 0.6 is 0 Å². The summed E-state index contributed by atoms with van der Waals surface area (Å²) in [6, 6.07) is 0.0549. The summed E-state index contributed by atoms with van der Waals surface area (Å²) in [7, 11) is -3.09. The van der Waals surface area contributed by atoms with E-state index >= 15 is 0 Å². The van der Waals surface area contributed by atoms with Gasteiger partial charge in [0.1, 0.15) is 0 Å². The molecule has 0 spiro atoms. The summed E-state index contributed by atoms with van der Waals surface area (Å²) in [5, 5.41) is 0. The Bertz CT molecular complexity index is 312. The predicted molar refractivity (Wildman–Crippen MR) is 69.4 cm³/mol. The lowest BCUT2D eigenvalue weighted by molar-refractivity contribution is -0.0318. The molecule has 1 aliphatic heterocycles. The smallest absolute Gasteiger partial charge is 0.211 e. The number of rotatable bonds is 6. The van der Waals surface area contributed by atoms with Crippen molar-refractivity contribution < 1.29 is 13.2 Å². The molecule has 4 nitrogen and oxygen atoms in total. The minimum atomic E-state index is -3.09. The van der Waals surface area contributed by atoms with Crippen molar-refractivity contribution in [1.29, 1.82) is 0 Å². The summed E-state index contributed by atoms with van der Waals surface area (Å²) in [6.45, 7) is 6.66. The molecular formula is C12H25NO3S. The van der Waals surface area contributed by atoms with Crippen molar-refractivity contribution in [3.05, 3.63) is 0 Å². The van der Waals surface area contributed by atoms with Crippen LogP contribution in [0.2, 0.25) is 0 Å². The van der Waals surface area contributed by atoms with Crippen molar-refractivity contribution in [2.75, 3.05) is 12.4 Å². The van der Waals surface area contributed by atoms with Crippen molar-refractivity contribution in [3.63, 3.8) is 0 Å². The quantitative estimate of drug-likeness (QED) is 0.796. The molecule has 0 radical (unpaired) electrons. The molecule has 0 aromatic rings. The number of sulfonamides is 1. The van der Waals surface area contributed by atoms with Crippen LogP contribution in [0.15, 0.2) is 0 Å². The Morgan fingerprint density at radius 3 is 2.47 bits per heavy atom. The van der Waals surface area contributed by atoms with Gasteiger partial charge in [-0.3, -0.25) is 0 Å². The fraction of sp³-hybridized carbons (Fsp3) is 1.00. The standard InChI is InChI=1S/C12H25NO3S/c1-4-10(5-2)12-9-11(7-8-16-12)13-17(14,15)6-3/h10-13H,4-9H2,1-3H3/t11-,12-/m1/s1. The van der Waals surface area contributed by atoms with Crippen LogP contribution in [-0.4, -0.2) is 32.9 Å². The van der Waals surface area contributed by atoms with Gasteiger partial charge in [-0.1, -0.05) is 26.7 Å². The maximum absolute atomic E-state index is 11.5. The molecule has 17 heavy (non-hydrogen) atoms. The van der Waals surface area contributed by atoms with E-state index in [9.17, 15) is 8.42 Å². The molecule has 1 aliphatic rings. The van der Waals surface area contributed by atoms with Gasteiger partial charge in [0.15, 0.2) is 0 Å². The lowest BCUT2D eigenvalue weighted by Crippen LogP contribution is -2.44. The van der Waals surface area contributed by atoms with Gasteiger partial charge in [0.05, 0.1) is 11.9 Å². The van der Waals surface area contributed by atoms with E-state index in [1.165, 1.54) is 0 Å². The molecule has 1 heterocycles. The molecule has 102 valence electrons. The topological polar surface area (TPSA) is 55.4 Å². The van der Waals surface area contributed by atoms with E-state index in [-0.39, 0.29) is 17.9 Å². The maximum atomic E-state index is 11.5. The zero-order chi connectivity index (χ0) is 12.9. The largest absolute Gasteiger partial charge is 0.378 e. The Labute approximate surface area is 105 Å². The lowest BCUT2D eigenvalue weighted by atomic mass is 9.89. The van der Waals surface area contributed by atoms with Crippen molar-refractivity contribution >= 4 is 10.0 Å². The third kappa shape index (κ3) is 4.56. The molecule has 0 aliphatic carbocycles. The highest BCUT2D eigenvalue weighted by molar-refractivity contribution is 7.89. The van der Waals surface area contributed by atoms with Crippen LogP contribution in [0, 0.1) is 5.92 Å². The maximum Gasteiger partial charge on any atom is 0.211 e. The molecule has 1 N–H and O–H groups in total. The van der Waals surface area contributed by atoms with Crippen LogP contribution in [-0.2, 0) is 14.8 Å². The Kier molecular flexibility index (Phi) is 5.89. The van der Waals surface area contributed by atoms with Crippen LogP contribution in [0.5, 0.6) is 0 Å². The van der Waals surface area contributed by atoms with Gasteiger partial charge in [-0.2, -0.15) is 0 Å². The molecule has 1 fully saturated rings. The summed E-state index contributed by atoms with van der Waals surface area (Å²) in [5.41, 5.74) is 0. The molecule has 1 rings (SSSR count). The second-order valence-electron chi connectivity index (χ2n) is 4.73. The zero-order valence-electron chi connectivity index (χ0n) is 11.1. The summed E-state index contributed by atoms with van der Waals surface area (Å²) in [5.74, 6) is 0.698. The van der Waals surface area contributed by atoms with Gasteiger partial charge in [0.25, 0.3) is 0 Å². The Balaban J connectivity index is 2.54. The molecule has 0 amide bonds. The van der Waals surface area contributed by atoms with Crippen molar-refractivity contribution in [2.45, 2.75) is 58.6 Å². The number of hydrogen-bond acceptors (Lipinski definition) is 3. The first-order chi connectivity index (χ1) is 8.02. The number of ether oxygens (including phenoxy) is 1. The van der Waals surface area contributed by atoms with Gasteiger partial charge in [-0.15, -0.1) is 0 Å². The van der Waals surface area contributed by atoms with Crippen LogP contribution < -0.4 is 4.72 Å². The molecule has 0 bridgehead atoms. The summed E-state index contributed by atoms with van der Waals surface area (Å²) in [6.07, 6.45) is 3.99. The molecule has 5 heteroatoms. The average molecular weight is 263 g/mol. The van der Waals surface area contributed by atoms with E-state index in [2.05, 4.69) is 18.6 Å². The molecule has 0 unspecified atom stereocenters. The molecule has 0 aromatic carbocycles. The van der Waals surface area contributed by atoms with Crippen molar-refractivity contribution in [2.24, 2.45) is 5.92 Å². The highest BCUT2D eigenvalue weighted by atomic mass is 32.2.